The molecule has 2 aromatic carbocycles. The van der Waals surface area contributed by atoms with E-state index in [4.69, 9.17) is 34.8 Å². The number of halogens is 3. The van der Waals surface area contributed by atoms with Gasteiger partial charge in [-0.1, -0.05) is 40.9 Å². The second kappa shape index (κ2) is 7.64. The SMILES string of the molecule is O=C(CCc1ccc(Cl)cc1Cl)Nc1cc([N+](=O)[O-])ccc1Cl. The number of amides is 1. The number of hydrogen-bond donors (Lipinski definition) is 1. The van der Waals surface area contributed by atoms with Crippen LogP contribution < -0.4 is 5.32 Å². The topological polar surface area (TPSA) is 72.2 Å². The third kappa shape index (κ3) is 4.82. The molecule has 0 aliphatic heterocycles. The number of carbonyl (C=O) groups is 1. The number of nitro groups is 1. The Morgan fingerprint density at radius 3 is 2.48 bits per heavy atom. The lowest BCUT2D eigenvalue weighted by Crippen LogP contribution is -2.13. The lowest BCUT2D eigenvalue weighted by molar-refractivity contribution is -0.384. The number of hydrogen-bond acceptors (Lipinski definition) is 3. The predicted molar refractivity (Wildman–Crippen MR) is 91.5 cm³/mol. The van der Waals surface area contributed by atoms with Crippen molar-refractivity contribution in [3.05, 3.63) is 67.1 Å². The fourth-order valence-corrected chi connectivity index (χ4v) is 2.58. The number of aryl methyl sites for hydroxylation is 1. The van der Waals surface area contributed by atoms with E-state index in [0.717, 1.165) is 5.56 Å². The summed E-state index contributed by atoms with van der Waals surface area (Å²) in [7, 11) is 0. The molecule has 1 amide bonds. The molecule has 0 saturated carbocycles. The second-order valence-corrected chi connectivity index (χ2v) is 5.96. The molecule has 1 N–H and O–H groups in total. The fraction of sp³-hybridized carbons (Fsp3) is 0.133. The zero-order valence-electron chi connectivity index (χ0n) is 11.7. The summed E-state index contributed by atoms with van der Waals surface area (Å²) in [5, 5.41) is 14.5. The monoisotopic (exact) mass is 372 g/mol. The van der Waals surface area contributed by atoms with Gasteiger partial charge in [0.15, 0.2) is 0 Å². The highest BCUT2D eigenvalue weighted by Crippen LogP contribution is 2.27. The van der Waals surface area contributed by atoms with Crippen molar-refractivity contribution in [3.63, 3.8) is 0 Å². The number of benzene rings is 2. The Kier molecular flexibility index (Phi) is 5.82. The minimum Gasteiger partial charge on any atom is -0.325 e. The molecule has 0 bridgehead atoms. The number of nitrogens with zero attached hydrogens (tertiary/aromatic N) is 1. The van der Waals surface area contributed by atoms with Gasteiger partial charge in [0, 0.05) is 28.6 Å². The summed E-state index contributed by atoms with van der Waals surface area (Å²) in [5.41, 5.74) is 0.842. The van der Waals surface area contributed by atoms with E-state index in [1.54, 1.807) is 18.2 Å². The lowest BCUT2D eigenvalue weighted by Gasteiger charge is -2.08. The molecule has 2 rings (SSSR count). The van der Waals surface area contributed by atoms with Crippen molar-refractivity contribution in [2.45, 2.75) is 12.8 Å². The number of rotatable bonds is 5. The van der Waals surface area contributed by atoms with Crippen LogP contribution >= 0.6 is 34.8 Å². The first-order valence-electron chi connectivity index (χ1n) is 6.54. The van der Waals surface area contributed by atoms with Crippen molar-refractivity contribution in [3.8, 4) is 0 Å². The predicted octanol–water partition coefficient (Wildman–Crippen LogP) is 5.13. The number of non-ortho nitro benzene ring substituents is 1. The van der Waals surface area contributed by atoms with Crippen molar-refractivity contribution >= 4 is 52.1 Å². The van der Waals surface area contributed by atoms with Crippen LogP contribution in [0, 0.1) is 10.1 Å². The molecule has 0 aromatic heterocycles. The van der Waals surface area contributed by atoms with Gasteiger partial charge >= 0.3 is 0 Å². The average Bonchev–Trinajstić information content (AvgIpc) is 2.48. The van der Waals surface area contributed by atoms with Crippen LogP contribution in [-0.2, 0) is 11.2 Å². The largest absolute Gasteiger partial charge is 0.325 e. The van der Waals surface area contributed by atoms with Gasteiger partial charge in [0.05, 0.1) is 15.6 Å². The Morgan fingerprint density at radius 1 is 1.09 bits per heavy atom. The van der Waals surface area contributed by atoms with Crippen LogP contribution in [0.3, 0.4) is 0 Å². The Morgan fingerprint density at radius 2 is 1.83 bits per heavy atom. The Balaban J connectivity index is 2.02. The summed E-state index contributed by atoms with van der Waals surface area (Å²) in [4.78, 5) is 22.2. The van der Waals surface area contributed by atoms with E-state index in [9.17, 15) is 14.9 Å². The molecule has 0 unspecified atom stereocenters. The standard InChI is InChI=1S/C15H11Cl3N2O3/c16-10-3-1-9(13(18)7-10)2-6-15(21)19-14-8-11(20(22)23)4-5-12(14)17/h1,3-5,7-8H,2,6H2,(H,19,21). The van der Waals surface area contributed by atoms with Crippen LogP contribution in [0.2, 0.25) is 15.1 Å². The van der Waals surface area contributed by atoms with Gasteiger partial charge in [-0.15, -0.1) is 0 Å². The van der Waals surface area contributed by atoms with E-state index in [0.29, 0.717) is 16.5 Å². The van der Waals surface area contributed by atoms with E-state index >= 15 is 0 Å². The molecule has 5 nitrogen and oxygen atoms in total. The van der Waals surface area contributed by atoms with Gasteiger partial charge in [0.25, 0.3) is 5.69 Å². The summed E-state index contributed by atoms with van der Waals surface area (Å²) < 4.78 is 0. The summed E-state index contributed by atoms with van der Waals surface area (Å²) >= 11 is 17.8. The minimum atomic E-state index is -0.556. The first-order chi connectivity index (χ1) is 10.9. The smallest absolute Gasteiger partial charge is 0.271 e. The van der Waals surface area contributed by atoms with Gasteiger partial charge in [-0.05, 0) is 30.2 Å². The Hall–Kier alpha value is -1.82. The van der Waals surface area contributed by atoms with Crippen LogP contribution in [-0.4, -0.2) is 10.8 Å². The average molecular weight is 374 g/mol. The Bertz CT molecular complexity index is 766. The first-order valence-corrected chi connectivity index (χ1v) is 7.68. The van der Waals surface area contributed by atoms with Gasteiger partial charge in [-0.2, -0.15) is 0 Å². The molecule has 0 aliphatic carbocycles. The van der Waals surface area contributed by atoms with Crippen molar-refractivity contribution in [1.82, 2.24) is 0 Å². The highest BCUT2D eigenvalue weighted by atomic mass is 35.5. The summed E-state index contributed by atoms with van der Waals surface area (Å²) in [6, 6.07) is 8.90. The molecule has 2 aromatic rings. The van der Waals surface area contributed by atoms with Gasteiger partial charge in [0.2, 0.25) is 5.91 Å². The van der Waals surface area contributed by atoms with Gasteiger partial charge < -0.3 is 5.32 Å². The van der Waals surface area contributed by atoms with Crippen molar-refractivity contribution < 1.29 is 9.72 Å². The van der Waals surface area contributed by atoms with Crippen molar-refractivity contribution in [2.24, 2.45) is 0 Å². The first kappa shape index (κ1) is 17.5. The molecule has 0 saturated heterocycles. The summed E-state index contributed by atoms with van der Waals surface area (Å²) in [6.07, 6.45) is 0.564. The number of anilines is 1. The molecule has 0 radical (unpaired) electrons. The zero-order chi connectivity index (χ0) is 17.0. The minimum absolute atomic E-state index is 0.148. The zero-order valence-corrected chi connectivity index (χ0v) is 14.0. The van der Waals surface area contributed by atoms with Gasteiger partial charge in [0.1, 0.15) is 0 Å². The van der Waals surface area contributed by atoms with Gasteiger partial charge in [-0.25, -0.2) is 0 Å². The Labute approximate surface area is 147 Å². The maximum atomic E-state index is 12.0. The van der Waals surface area contributed by atoms with Crippen LogP contribution in [0.4, 0.5) is 11.4 Å². The molecule has 8 heteroatoms. The van der Waals surface area contributed by atoms with E-state index in [-0.39, 0.29) is 28.7 Å². The van der Waals surface area contributed by atoms with Crippen LogP contribution in [0.15, 0.2) is 36.4 Å². The van der Waals surface area contributed by atoms with Crippen LogP contribution in [0.5, 0.6) is 0 Å². The van der Waals surface area contributed by atoms with Gasteiger partial charge in [-0.3, -0.25) is 14.9 Å². The molecule has 0 heterocycles. The second-order valence-electron chi connectivity index (χ2n) is 4.71. The summed E-state index contributed by atoms with van der Waals surface area (Å²) in [5.74, 6) is -0.321. The van der Waals surface area contributed by atoms with E-state index in [2.05, 4.69) is 5.32 Å². The van der Waals surface area contributed by atoms with E-state index in [1.165, 1.54) is 18.2 Å². The quantitative estimate of drug-likeness (QED) is 0.583. The number of nitrogens with one attached hydrogen (secondary N) is 1. The molecule has 23 heavy (non-hydrogen) atoms. The summed E-state index contributed by atoms with van der Waals surface area (Å²) in [6.45, 7) is 0. The molecular formula is C15H11Cl3N2O3. The molecular weight excluding hydrogens is 363 g/mol. The molecule has 0 aliphatic rings. The molecule has 0 spiro atoms. The van der Waals surface area contributed by atoms with Crippen molar-refractivity contribution in [2.75, 3.05) is 5.32 Å². The maximum Gasteiger partial charge on any atom is 0.271 e. The highest BCUT2D eigenvalue weighted by Gasteiger charge is 2.12. The van der Waals surface area contributed by atoms with Crippen molar-refractivity contribution in [1.29, 1.82) is 0 Å². The van der Waals surface area contributed by atoms with Crippen LogP contribution in [0.1, 0.15) is 12.0 Å². The lowest BCUT2D eigenvalue weighted by atomic mass is 10.1. The molecule has 120 valence electrons. The third-order valence-electron chi connectivity index (χ3n) is 3.07. The third-order valence-corrected chi connectivity index (χ3v) is 3.99. The maximum absolute atomic E-state index is 12.0. The van der Waals surface area contributed by atoms with E-state index < -0.39 is 4.92 Å². The van der Waals surface area contributed by atoms with E-state index in [1.807, 2.05) is 0 Å². The molecule has 0 atom stereocenters. The number of nitro benzene ring substituents is 1. The normalized spacial score (nSPS) is 10.4. The van der Waals surface area contributed by atoms with Crippen LogP contribution in [0.25, 0.3) is 0 Å². The fourth-order valence-electron chi connectivity index (χ4n) is 1.91. The highest BCUT2D eigenvalue weighted by molar-refractivity contribution is 6.35. The number of carbonyl (C=O) groups excluding carboxylic acids is 1. The molecule has 0 fully saturated rings.